The molecule has 0 N–H and O–H groups in total. The van der Waals surface area contributed by atoms with E-state index < -0.39 is 4.92 Å². The van der Waals surface area contributed by atoms with Crippen LogP contribution in [0.4, 0.5) is 5.69 Å². The van der Waals surface area contributed by atoms with E-state index >= 15 is 0 Å². The third-order valence-electron chi connectivity index (χ3n) is 2.44. The largest absolute Gasteiger partial charge is 0.270 e. The highest BCUT2D eigenvalue weighted by molar-refractivity contribution is 5.69. The first-order valence-electron chi connectivity index (χ1n) is 5.48. The molecule has 0 atom stereocenters. The van der Waals surface area contributed by atoms with Gasteiger partial charge in [0, 0.05) is 18.3 Å². The minimum atomic E-state index is -0.433. The van der Waals surface area contributed by atoms with E-state index in [0.29, 0.717) is 11.3 Å². The number of benzene rings is 1. The highest BCUT2D eigenvalue weighted by atomic mass is 16.6. The maximum absolute atomic E-state index is 10.6. The summed E-state index contributed by atoms with van der Waals surface area (Å²) in [7, 11) is 0. The molecular formula is C14H9N3O2. The van der Waals surface area contributed by atoms with Gasteiger partial charge in [0.25, 0.3) is 5.69 Å². The average Bonchev–Trinajstić information content (AvgIpc) is 2.46. The van der Waals surface area contributed by atoms with Gasteiger partial charge < -0.3 is 0 Å². The second-order valence-electron chi connectivity index (χ2n) is 3.77. The second kappa shape index (κ2) is 5.56. The SMILES string of the molecule is N#Cc1ccc(/C=C/c2cccc([N+](=O)[O-])c2)nc1. The molecule has 1 aromatic carbocycles. The van der Waals surface area contributed by atoms with Gasteiger partial charge >= 0.3 is 0 Å². The smallest absolute Gasteiger partial charge is 0.258 e. The number of nitrogens with zero attached hydrogens (tertiary/aromatic N) is 3. The van der Waals surface area contributed by atoms with Crippen molar-refractivity contribution in [1.82, 2.24) is 4.98 Å². The fraction of sp³-hybridized carbons (Fsp3) is 0. The van der Waals surface area contributed by atoms with Crippen LogP contribution < -0.4 is 0 Å². The topological polar surface area (TPSA) is 79.8 Å². The molecule has 0 unspecified atom stereocenters. The molecule has 0 saturated carbocycles. The lowest BCUT2D eigenvalue weighted by molar-refractivity contribution is -0.384. The Labute approximate surface area is 109 Å². The molecule has 0 aliphatic heterocycles. The zero-order chi connectivity index (χ0) is 13.7. The van der Waals surface area contributed by atoms with Crippen LogP contribution in [0.2, 0.25) is 0 Å². The van der Waals surface area contributed by atoms with Gasteiger partial charge in [-0.25, -0.2) is 0 Å². The number of nitro groups is 1. The molecule has 0 bridgehead atoms. The fourth-order valence-electron chi connectivity index (χ4n) is 1.49. The highest BCUT2D eigenvalue weighted by Gasteiger charge is 2.03. The van der Waals surface area contributed by atoms with Gasteiger partial charge in [-0.1, -0.05) is 18.2 Å². The van der Waals surface area contributed by atoms with Crippen LogP contribution in [0.25, 0.3) is 12.2 Å². The quantitative estimate of drug-likeness (QED) is 0.620. The Kier molecular flexibility index (Phi) is 3.64. The molecule has 5 heteroatoms. The van der Waals surface area contributed by atoms with Crippen LogP contribution in [-0.4, -0.2) is 9.91 Å². The number of pyridine rings is 1. The van der Waals surface area contributed by atoms with E-state index in [9.17, 15) is 10.1 Å². The van der Waals surface area contributed by atoms with E-state index in [0.717, 1.165) is 5.56 Å². The van der Waals surface area contributed by atoms with Crippen LogP contribution in [0.15, 0.2) is 42.6 Å². The third kappa shape index (κ3) is 3.23. The van der Waals surface area contributed by atoms with Crippen molar-refractivity contribution in [3.8, 4) is 6.07 Å². The van der Waals surface area contributed by atoms with Gasteiger partial charge in [-0.3, -0.25) is 15.1 Å². The summed E-state index contributed by atoms with van der Waals surface area (Å²) < 4.78 is 0. The first-order valence-corrected chi connectivity index (χ1v) is 5.48. The zero-order valence-electron chi connectivity index (χ0n) is 9.85. The molecule has 0 saturated heterocycles. The minimum Gasteiger partial charge on any atom is -0.258 e. The number of nitriles is 1. The van der Waals surface area contributed by atoms with Crippen molar-refractivity contribution in [1.29, 1.82) is 5.26 Å². The van der Waals surface area contributed by atoms with E-state index in [2.05, 4.69) is 4.98 Å². The van der Waals surface area contributed by atoms with E-state index in [1.165, 1.54) is 18.3 Å². The van der Waals surface area contributed by atoms with Gasteiger partial charge in [0.15, 0.2) is 0 Å². The molecule has 19 heavy (non-hydrogen) atoms. The van der Waals surface area contributed by atoms with Crippen LogP contribution in [0.1, 0.15) is 16.8 Å². The summed E-state index contributed by atoms with van der Waals surface area (Å²) in [6, 6.07) is 11.7. The van der Waals surface area contributed by atoms with E-state index in [1.807, 2.05) is 6.07 Å². The predicted molar refractivity (Wildman–Crippen MR) is 71.0 cm³/mol. The summed E-state index contributed by atoms with van der Waals surface area (Å²) in [4.78, 5) is 14.3. The first-order chi connectivity index (χ1) is 9.19. The van der Waals surface area contributed by atoms with Crippen molar-refractivity contribution >= 4 is 17.8 Å². The van der Waals surface area contributed by atoms with Gasteiger partial charge in [0.1, 0.15) is 6.07 Å². The normalized spacial score (nSPS) is 10.3. The van der Waals surface area contributed by atoms with Crippen LogP contribution >= 0.6 is 0 Å². The molecule has 5 nitrogen and oxygen atoms in total. The van der Waals surface area contributed by atoms with Gasteiger partial charge in [0.2, 0.25) is 0 Å². The van der Waals surface area contributed by atoms with Crippen LogP contribution in [0.5, 0.6) is 0 Å². The van der Waals surface area contributed by atoms with Crippen molar-refractivity contribution in [2.24, 2.45) is 0 Å². The van der Waals surface area contributed by atoms with Crippen LogP contribution in [0, 0.1) is 21.4 Å². The van der Waals surface area contributed by atoms with Gasteiger partial charge in [-0.2, -0.15) is 5.26 Å². The molecule has 92 valence electrons. The Balaban J connectivity index is 2.20. The standard InChI is InChI=1S/C14H9N3O2/c15-9-12-5-7-13(16-10-12)6-4-11-2-1-3-14(8-11)17(18)19/h1-8,10H/b6-4+. The van der Waals surface area contributed by atoms with Gasteiger partial charge in [-0.15, -0.1) is 0 Å². The third-order valence-corrected chi connectivity index (χ3v) is 2.44. The molecule has 2 aromatic rings. The van der Waals surface area contributed by atoms with E-state index in [4.69, 9.17) is 5.26 Å². The molecule has 0 fully saturated rings. The Morgan fingerprint density at radius 2 is 2.11 bits per heavy atom. The van der Waals surface area contributed by atoms with Crippen molar-refractivity contribution in [3.05, 3.63) is 69.5 Å². The van der Waals surface area contributed by atoms with Crippen molar-refractivity contribution in [2.75, 3.05) is 0 Å². The van der Waals surface area contributed by atoms with Crippen LogP contribution in [-0.2, 0) is 0 Å². The molecule has 1 aromatic heterocycles. The van der Waals surface area contributed by atoms with Gasteiger partial charge in [-0.05, 0) is 23.8 Å². The fourth-order valence-corrected chi connectivity index (χ4v) is 1.49. The molecule has 0 radical (unpaired) electrons. The zero-order valence-corrected chi connectivity index (χ0v) is 9.85. The van der Waals surface area contributed by atoms with Crippen LogP contribution in [0.3, 0.4) is 0 Å². The Morgan fingerprint density at radius 3 is 2.74 bits per heavy atom. The van der Waals surface area contributed by atoms with Crippen molar-refractivity contribution < 1.29 is 4.92 Å². The van der Waals surface area contributed by atoms with Crippen molar-refractivity contribution in [3.63, 3.8) is 0 Å². The lowest BCUT2D eigenvalue weighted by atomic mass is 10.1. The molecule has 0 aliphatic carbocycles. The average molecular weight is 251 g/mol. The van der Waals surface area contributed by atoms with E-state index in [-0.39, 0.29) is 5.69 Å². The number of hydrogen-bond donors (Lipinski definition) is 0. The maximum Gasteiger partial charge on any atom is 0.270 e. The summed E-state index contributed by atoms with van der Waals surface area (Å²) >= 11 is 0. The number of rotatable bonds is 3. The second-order valence-corrected chi connectivity index (χ2v) is 3.77. The Hall–Kier alpha value is -3.00. The van der Waals surface area contributed by atoms with E-state index in [1.54, 1.807) is 36.4 Å². The maximum atomic E-state index is 10.6. The summed E-state index contributed by atoms with van der Waals surface area (Å²) in [6.45, 7) is 0. The Bertz CT molecular complexity index is 670. The molecule has 2 rings (SSSR count). The molecule has 0 aliphatic rings. The number of aromatic nitrogens is 1. The molecule has 0 spiro atoms. The summed E-state index contributed by atoms with van der Waals surface area (Å²) in [5.74, 6) is 0. The number of nitro benzene ring substituents is 1. The van der Waals surface area contributed by atoms with Gasteiger partial charge in [0.05, 0.1) is 16.2 Å². The predicted octanol–water partition coefficient (Wildman–Crippen LogP) is 3.03. The molecule has 0 amide bonds. The summed E-state index contributed by atoms with van der Waals surface area (Å²) in [5, 5.41) is 19.3. The molecule has 1 heterocycles. The number of hydrogen-bond acceptors (Lipinski definition) is 4. The monoisotopic (exact) mass is 251 g/mol. The number of non-ortho nitro benzene ring substituents is 1. The lowest BCUT2D eigenvalue weighted by Crippen LogP contribution is -1.87. The summed E-state index contributed by atoms with van der Waals surface area (Å²) in [5.41, 5.74) is 1.95. The Morgan fingerprint density at radius 1 is 1.26 bits per heavy atom. The molecular weight excluding hydrogens is 242 g/mol. The summed E-state index contributed by atoms with van der Waals surface area (Å²) in [6.07, 6.45) is 4.95. The minimum absolute atomic E-state index is 0.0509. The lowest BCUT2D eigenvalue weighted by Gasteiger charge is -1.95. The first kappa shape index (κ1) is 12.5. The van der Waals surface area contributed by atoms with Crippen molar-refractivity contribution in [2.45, 2.75) is 0 Å². The highest BCUT2D eigenvalue weighted by Crippen LogP contribution is 2.15.